The lowest BCUT2D eigenvalue weighted by Gasteiger charge is -2.16. The highest BCUT2D eigenvalue weighted by Gasteiger charge is 2.23. The average Bonchev–Trinajstić information content (AvgIpc) is 3.13. The Hall–Kier alpha value is -3.49. The molecule has 3 rings (SSSR count). The second-order valence-corrected chi connectivity index (χ2v) is 6.61. The van der Waals surface area contributed by atoms with Gasteiger partial charge in [-0.15, -0.1) is 0 Å². The summed E-state index contributed by atoms with van der Waals surface area (Å²) >= 11 is 0. The number of fused-ring (bicyclic) bond motifs is 1. The van der Waals surface area contributed by atoms with Crippen molar-refractivity contribution in [1.29, 1.82) is 0 Å². The van der Waals surface area contributed by atoms with E-state index in [1.165, 1.54) is 14.0 Å². The van der Waals surface area contributed by atoms with Crippen molar-refractivity contribution in [3.63, 3.8) is 0 Å². The molecule has 0 radical (unpaired) electrons. The smallest absolute Gasteiger partial charge is 0.360 e. The molecule has 0 aliphatic heterocycles. The topological polar surface area (TPSA) is 108 Å². The van der Waals surface area contributed by atoms with Gasteiger partial charge in [0.25, 0.3) is 11.5 Å². The summed E-state index contributed by atoms with van der Waals surface area (Å²) in [4.78, 5) is 37.2. The number of benzene rings is 1. The van der Waals surface area contributed by atoms with Gasteiger partial charge in [-0.3, -0.25) is 9.59 Å². The van der Waals surface area contributed by atoms with Crippen LogP contribution in [0.25, 0.3) is 10.8 Å². The van der Waals surface area contributed by atoms with Crippen LogP contribution in [-0.2, 0) is 16.6 Å². The largest absolute Gasteiger partial charge is 0.448 e. The number of rotatable bonds is 5. The van der Waals surface area contributed by atoms with Crippen molar-refractivity contribution < 1.29 is 14.3 Å². The number of hydrogen-bond acceptors (Lipinski definition) is 6. The van der Waals surface area contributed by atoms with E-state index in [1.807, 2.05) is 13.8 Å². The van der Waals surface area contributed by atoms with Crippen molar-refractivity contribution in [1.82, 2.24) is 19.6 Å². The summed E-state index contributed by atoms with van der Waals surface area (Å²) < 4.78 is 8.01. The van der Waals surface area contributed by atoms with Gasteiger partial charge in [0.05, 0.1) is 11.6 Å². The van der Waals surface area contributed by atoms with Crippen LogP contribution in [0.15, 0.2) is 41.3 Å². The number of nitrogens with zero attached hydrogens (tertiary/aromatic N) is 4. The van der Waals surface area contributed by atoms with Gasteiger partial charge in [-0.2, -0.15) is 10.2 Å². The lowest BCUT2D eigenvalue weighted by Crippen LogP contribution is -2.32. The standard InChI is InChI=1S/C19H21N5O4/c1-11(2)24-15(9-10-20-24)21-17(25)12(3)28-19(27)16-13-7-5-6-8-14(13)18(26)23(4)22-16/h5-12H,1-4H3,(H,21,25)/t12-/m0/s1. The van der Waals surface area contributed by atoms with E-state index >= 15 is 0 Å². The Morgan fingerprint density at radius 1 is 1.11 bits per heavy atom. The molecule has 0 unspecified atom stereocenters. The number of carbonyl (C=O) groups is 2. The molecule has 0 spiro atoms. The van der Waals surface area contributed by atoms with Crippen LogP contribution in [0.1, 0.15) is 37.3 Å². The molecule has 0 fully saturated rings. The van der Waals surface area contributed by atoms with Gasteiger partial charge in [-0.05, 0) is 26.8 Å². The molecule has 0 saturated heterocycles. The van der Waals surface area contributed by atoms with Crippen molar-refractivity contribution in [3.8, 4) is 0 Å². The SMILES string of the molecule is CC(C)n1nccc1NC(=O)[C@H](C)OC(=O)c1nn(C)c(=O)c2ccccc12. The third-order valence-electron chi connectivity index (χ3n) is 4.21. The lowest BCUT2D eigenvalue weighted by molar-refractivity contribution is -0.123. The summed E-state index contributed by atoms with van der Waals surface area (Å²) in [5.41, 5.74) is -0.343. The van der Waals surface area contributed by atoms with E-state index in [0.717, 1.165) is 4.68 Å². The van der Waals surface area contributed by atoms with Crippen LogP contribution >= 0.6 is 0 Å². The minimum absolute atomic E-state index is 0.0235. The number of carbonyl (C=O) groups excluding carboxylic acids is 2. The van der Waals surface area contributed by atoms with Crippen molar-refractivity contribution in [2.24, 2.45) is 7.05 Å². The number of ether oxygens (including phenoxy) is 1. The number of nitrogens with one attached hydrogen (secondary N) is 1. The lowest BCUT2D eigenvalue weighted by atomic mass is 10.1. The van der Waals surface area contributed by atoms with E-state index in [4.69, 9.17) is 4.74 Å². The van der Waals surface area contributed by atoms with E-state index in [-0.39, 0.29) is 17.3 Å². The maximum Gasteiger partial charge on any atom is 0.360 e. The quantitative estimate of drug-likeness (QED) is 0.674. The van der Waals surface area contributed by atoms with Gasteiger partial charge in [0, 0.05) is 24.5 Å². The van der Waals surface area contributed by atoms with Crippen LogP contribution < -0.4 is 10.9 Å². The van der Waals surface area contributed by atoms with E-state index < -0.39 is 18.0 Å². The first-order valence-electron chi connectivity index (χ1n) is 8.81. The summed E-state index contributed by atoms with van der Waals surface area (Å²) in [6, 6.07) is 8.35. The fourth-order valence-corrected chi connectivity index (χ4v) is 2.77. The first-order chi connectivity index (χ1) is 13.3. The Bertz CT molecular complexity index is 1100. The van der Waals surface area contributed by atoms with Crippen molar-refractivity contribution >= 4 is 28.5 Å². The molecule has 0 bridgehead atoms. The van der Waals surface area contributed by atoms with E-state index in [1.54, 1.807) is 41.2 Å². The molecule has 3 aromatic rings. The van der Waals surface area contributed by atoms with Gasteiger partial charge < -0.3 is 10.1 Å². The zero-order chi connectivity index (χ0) is 20.4. The predicted octanol–water partition coefficient (Wildman–Crippen LogP) is 1.89. The molecule has 0 aliphatic carbocycles. The number of hydrogen-bond donors (Lipinski definition) is 1. The fourth-order valence-electron chi connectivity index (χ4n) is 2.77. The van der Waals surface area contributed by atoms with Crippen LogP contribution in [0.5, 0.6) is 0 Å². The monoisotopic (exact) mass is 383 g/mol. The van der Waals surface area contributed by atoms with E-state index in [2.05, 4.69) is 15.5 Å². The molecule has 1 atom stereocenters. The van der Waals surface area contributed by atoms with Crippen molar-refractivity contribution in [2.45, 2.75) is 32.9 Å². The number of aryl methyl sites for hydroxylation is 1. The Morgan fingerprint density at radius 2 is 1.79 bits per heavy atom. The first-order valence-corrected chi connectivity index (χ1v) is 8.81. The molecule has 1 aromatic carbocycles. The van der Waals surface area contributed by atoms with Gasteiger partial charge >= 0.3 is 5.97 Å². The van der Waals surface area contributed by atoms with Gasteiger partial charge in [0.1, 0.15) is 5.82 Å². The zero-order valence-electron chi connectivity index (χ0n) is 16.0. The highest BCUT2D eigenvalue weighted by Crippen LogP contribution is 2.16. The Morgan fingerprint density at radius 3 is 2.46 bits per heavy atom. The summed E-state index contributed by atoms with van der Waals surface area (Å²) in [6.45, 7) is 5.33. The Kier molecular flexibility index (Phi) is 5.25. The molecule has 0 saturated carbocycles. The number of amides is 1. The van der Waals surface area contributed by atoms with Crippen LogP contribution in [0, 0.1) is 0 Å². The predicted molar refractivity (Wildman–Crippen MR) is 103 cm³/mol. The molecular formula is C19H21N5O4. The van der Waals surface area contributed by atoms with Gasteiger partial charge in [-0.1, -0.05) is 18.2 Å². The second-order valence-electron chi connectivity index (χ2n) is 6.61. The Labute approximate surface area is 160 Å². The average molecular weight is 383 g/mol. The summed E-state index contributed by atoms with van der Waals surface area (Å²) in [7, 11) is 1.45. The van der Waals surface area contributed by atoms with E-state index in [0.29, 0.717) is 16.6 Å². The Balaban J connectivity index is 1.80. The van der Waals surface area contributed by atoms with E-state index in [9.17, 15) is 14.4 Å². The molecule has 2 heterocycles. The molecule has 146 valence electrons. The van der Waals surface area contributed by atoms with Crippen LogP contribution in [0.2, 0.25) is 0 Å². The molecule has 0 aliphatic rings. The minimum Gasteiger partial charge on any atom is -0.448 e. The van der Waals surface area contributed by atoms with Crippen LogP contribution in [-0.4, -0.2) is 37.5 Å². The first kappa shape index (κ1) is 19.3. The molecule has 28 heavy (non-hydrogen) atoms. The number of esters is 1. The third kappa shape index (κ3) is 3.64. The molecule has 1 N–H and O–H groups in total. The molecular weight excluding hydrogens is 362 g/mol. The summed E-state index contributed by atoms with van der Waals surface area (Å²) in [5.74, 6) is -0.773. The number of aromatic nitrogens is 4. The normalized spacial score (nSPS) is 12.2. The molecule has 2 aromatic heterocycles. The van der Waals surface area contributed by atoms with Crippen molar-refractivity contribution in [3.05, 3.63) is 52.6 Å². The maximum absolute atomic E-state index is 12.6. The van der Waals surface area contributed by atoms with Crippen molar-refractivity contribution in [2.75, 3.05) is 5.32 Å². The maximum atomic E-state index is 12.6. The molecule has 9 heteroatoms. The van der Waals surface area contributed by atoms with Gasteiger partial charge in [0.15, 0.2) is 11.8 Å². The molecule has 9 nitrogen and oxygen atoms in total. The fraction of sp³-hybridized carbons (Fsp3) is 0.316. The summed E-state index contributed by atoms with van der Waals surface area (Å²) in [6.07, 6.45) is 0.508. The van der Waals surface area contributed by atoms with Gasteiger partial charge in [0.2, 0.25) is 0 Å². The second kappa shape index (κ2) is 7.63. The minimum atomic E-state index is -1.07. The van der Waals surface area contributed by atoms with Gasteiger partial charge in [-0.25, -0.2) is 14.2 Å². The molecule has 1 amide bonds. The number of anilines is 1. The van der Waals surface area contributed by atoms with Crippen LogP contribution in [0.3, 0.4) is 0 Å². The third-order valence-corrected chi connectivity index (χ3v) is 4.21. The highest BCUT2D eigenvalue weighted by molar-refractivity contribution is 6.03. The van der Waals surface area contributed by atoms with Crippen LogP contribution in [0.4, 0.5) is 5.82 Å². The zero-order valence-corrected chi connectivity index (χ0v) is 16.0. The summed E-state index contributed by atoms with van der Waals surface area (Å²) in [5, 5.41) is 11.6. The highest BCUT2D eigenvalue weighted by atomic mass is 16.5.